The van der Waals surface area contributed by atoms with E-state index in [1.807, 2.05) is 0 Å². The Balaban J connectivity index is 1.75. The summed E-state index contributed by atoms with van der Waals surface area (Å²) in [4.78, 5) is 28.2. The van der Waals surface area contributed by atoms with Crippen molar-refractivity contribution < 1.29 is 18.5 Å². The van der Waals surface area contributed by atoms with E-state index in [1.54, 1.807) is 19.1 Å². The van der Waals surface area contributed by atoms with Crippen LogP contribution < -0.4 is 5.32 Å². The van der Waals surface area contributed by atoms with Crippen molar-refractivity contribution in [3.63, 3.8) is 0 Å². The highest BCUT2D eigenvalue weighted by atomic mass is 19.1. The molecule has 0 unspecified atom stereocenters. The summed E-state index contributed by atoms with van der Waals surface area (Å²) in [6.45, 7) is 2.05. The van der Waals surface area contributed by atoms with Crippen molar-refractivity contribution >= 4 is 11.9 Å². The molecule has 2 aromatic rings. The number of nitrogens with one attached hydrogen (secondary N) is 1. The number of aromatic nitrogens is 2. The molecule has 3 amide bonds. The van der Waals surface area contributed by atoms with Crippen molar-refractivity contribution in [2.45, 2.75) is 19.9 Å². The molecule has 2 heterocycles. The van der Waals surface area contributed by atoms with Crippen LogP contribution in [0.25, 0.3) is 11.4 Å². The number of urea groups is 1. The zero-order valence-electron chi connectivity index (χ0n) is 11.8. The minimum Gasteiger partial charge on any atom is -0.337 e. The zero-order chi connectivity index (χ0) is 15.7. The summed E-state index contributed by atoms with van der Waals surface area (Å²) in [5, 5.41) is 6.00. The van der Waals surface area contributed by atoms with Crippen LogP contribution in [0.5, 0.6) is 0 Å². The number of nitrogens with zero attached hydrogens (tertiary/aromatic N) is 3. The molecule has 1 saturated heterocycles. The Labute approximate surface area is 125 Å². The fourth-order valence-corrected chi connectivity index (χ4v) is 2.08. The number of imide groups is 1. The first kappa shape index (κ1) is 14.2. The second kappa shape index (κ2) is 5.55. The van der Waals surface area contributed by atoms with Crippen LogP contribution in [0.2, 0.25) is 0 Å². The Kier molecular flexibility index (Phi) is 3.58. The third-order valence-electron chi connectivity index (χ3n) is 3.37. The van der Waals surface area contributed by atoms with Crippen LogP contribution >= 0.6 is 0 Å². The molecular formula is C14H13FN4O3. The first-order valence-electron chi connectivity index (χ1n) is 6.71. The number of benzene rings is 1. The lowest BCUT2D eigenvalue weighted by atomic mass is 10.1. The van der Waals surface area contributed by atoms with Gasteiger partial charge in [-0.3, -0.25) is 10.1 Å². The quantitative estimate of drug-likeness (QED) is 0.931. The average molecular weight is 304 g/mol. The molecular weight excluding hydrogens is 291 g/mol. The fraction of sp³-hybridized carbons (Fsp3) is 0.286. The lowest BCUT2D eigenvalue weighted by molar-refractivity contribution is -0.121. The van der Waals surface area contributed by atoms with Gasteiger partial charge in [0.1, 0.15) is 12.4 Å². The average Bonchev–Trinajstić information content (AvgIpc) is 2.93. The Morgan fingerprint density at radius 2 is 2.23 bits per heavy atom. The molecule has 1 aromatic carbocycles. The second-order valence-electron chi connectivity index (χ2n) is 5.00. The first-order valence-corrected chi connectivity index (χ1v) is 6.71. The SMILES string of the molecule is Cc1ccc(-c2noc(CN3CCC(=O)NC3=O)n2)cc1F. The molecule has 0 bridgehead atoms. The van der Waals surface area contributed by atoms with E-state index in [0.717, 1.165) is 0 Å². The highest BCUT2D eigenvalue weighted by Gasteiger charge is 2.24. The maximum atomic E-state index is 13.6. The molecule has 0 radical (unpaired) electrons. The topological polar surface area (TPSA) is 88.3 Å². The Morgan fingerprint density at radius 3 is 2.95 bits per heavy atom. The number of hydrogen-bond donors (Lipinski definition) is 1. The van der Waals surface area contributed by atoms with E-state index in [-0.39, 0.29) is 36.4 Å². The molecule has 22 heavy (non-hydrogen) atoms. The number of aryl methyl sites for hydroxylation is 1. The number of amides is 3. The van der Waals surface area contributed by atoms with Gasteiger partial charge in [0.2, 0.25) is 17.6 Å². The van der Waals surface area contributed by atoms with Crippen LogP contribution in [0.1, 0.15) is 17.9 Å². The molecule has 1 fully saturated rings. The summed E-state index contributed by atoms with van der Waals surface area (Å²) >= 11 is 0. The van der Waals surface area contributed by atoms with E-state index in [9.17, 15) is 14.0 Å². The zero-order valence-corrected chi connectivity index (χ0v) is 11.8. The summed E-state index contributed by atoms with van der Waals surface area (Å²) in [5.74, 6) is -0.178. The molecule has 7 nitrogen and oxygen atoms in total. The van der Waals surface area contributed by atoms with Gasteiger partial charge in [0.15, 0.2) is 0 Å². The van der Waals surface area contributed by atoms with E-state index in [1.165, 1.54) is 11.0 Å². The molecule has 114 valence electrons. The second-order valence-corrected chi connectivity index (χ2v) is 5.00. The third kappa shape index (κ3) is 2.80. The Morgan fingerprint density at radius 1 is 1.41 bits per heavy atom. The maximum Gasteiger partial charge on any atom is 0.324 e. The largest absolute Gasteiger partial charge is 0.337 e. The minimum absolute atomic E-state index is 0.0977. The van der Waals surface area contributed by atoms with Crippen LogP contribution in [0, 0.1) is 12.7 Å². The molecule has 1 N–H and O–H groups in total. The molecule has 0 saturated carbocycles. The van der Waals surface area contributed by atoms with Gasteiger partial charge in [-0.2, -0.15) is 4.98 Å². The lowest BCUT2D eigenvalue weighted by Crippen LogP contribution is -2.48. The Hall–Kier alpha value is -2.77. The van der Waals surface area contributed by atoms with Gasteiger partial charge in [-0.25, -0.2) is 9.18 Å². The third-order valence-corrected chi connectivity index (χ3v) is 3.37. The van der Waals surface area contributed by atoms with Crippen LogP contribution in [0.15, 0.2) is 22.7 Å². The Bertz CT molecular complexity index is 743. The molecule has 0 atom stereocenters. The normalized spacial score (nSPS) is 15.1. The molecule has 8 heteroatoms. The minimum atomic E-state index is -0.489. The molecule has 3 rings (SSSR count). The summed E-state index contributed by atoms with van der Waals surface area (Å²) in [6.07, 6.45) is 0.232. The molecule has 0 spiro atoms. The van der Waals surface area contributed by atoms with E-state index < -0.39 is 6.03 Å². The number of rotatable bonds is 3. The van der Waals surface area contributed by atoms with Gasteiger partial charge in [-0.1, -0.05) is 17.3 Å². The van der Waals surface area contributed by atoms with Crippen LogP contribution in [-0.2, 0) is 11.3 Å². The number of carbonyl (C=O) groups is 2. The highest BCUT2D eigenvalue weighted by molar-refractivity contribution is 5.96. The van der Waals surface area contributed by atoms with Crippen molar-refractivity contribution in [2.75, 3.05) is 6.54 Å². The van der Waals surface area contributed by atoms with Crippen LogP contribution in [0.4, 0.5) is 9.18 Å². The van der Waals surface area contributed by atoms with Gasteiger partial charge in [-0.05, 0) is 18.6 Å². The predicted octanol–water partition coefficient (Wildman–Crippen LogP) is 1.63. The van der Waals surface area contributed by atoms with Crippen molar-refractivity contribution in [1.29, 1.82) is 0 Å². The molecule has 1 aliphatic rings. The summed E-state index contributed by atoms with van der Waals surface area (Å²) in [5.41, 5.74) is 1.03. The number of halogens is 1. The number of carbonyl (C=O) groups excluding carboxylic acids is 2. The van der Waals surface area contributed by atoms with Crippen molar-refractivity contribution in [2.24, 2.45) is 0 Å². The summed E-state index contributed by atoms with van der Waals surface area (Å²) < 4.78 is 18.6. The smallest absolute Gasteiger partial charge is 0.324 e. The van der Waals surface area contributed by atoms with E-state index in [2.05, 4.69) is 15.5 Å². The standard InChI is InChI=1S/C14H13FN4O3/c1-8-2-3-9(6-10(8)15)13-17-12(22-18-13)7-19-5-4-11(20)16-14(19)21/h2-3,6H,4-5,7H2,1H3,(H,16,20,21). The van der Waals surface area contributed by atoms with E-state index in [0.29, 0.717) is 17.7 Å². The van der Waals surface area contributed by atoms with Crippen molar-refractivity contribution in [3.05, 3.63) is 35.5 Å². The van der Waals surface area contributed by atoms with Gasteiger partial charge in [0, 0.05) is 18.5 Å². The van der Waals surface area contributed by atoms with Gasteiger partial charge >= 0.3 is 6.03 Å². The van der Waals surface area contributed by atoms with Crippen LogP contribution in [0.3, 0.4) is 0 Å². The van der Waals surface area contributed by atoms with Gasteiger partial charge < -0.3 is 9.42 Å². The van der Waals surface area contributed by atoms with Gasteiger partial charge in [-0.15, -0.1) is 0 Å². The molecule has 0 aliphatic carbocycles. The summed E-state index contributed by atoms with van der Waals surface area (Å²) in [7, 11) is 0. The van der Waals surface area contributed by atoms with E-state index >= 15 is 0 Å². The molecule has 1 aliphatic heterocycles. The maximum absolute atomic E-state index is 13.6. The van der Waals surface area contributed by atoms with Crippen molar-refractivity contribution in [1.82, 2.24) is 20.4 Å². The monoisotopic (exact) mass is 304 g/mol. The van der Waals surface area contributed by atoms with E-state index in [4.69, 9.17) is 4.52 Å². The molecule has 1 aromatic heterocycles. The fourth-order valence-electron chi connectivity index (χ4n) is 2.08. The first-order chi connectivity index (χ1) is 10.5. The predicted molar refractivity (Wildman–Crippen MR) is 73.0 cm³/mol. The lowest BCUT2D eigenvalue weighted by Gasteiger charge is -2.24. The van der Waals surface area contributed by atoms with Gasteiger partial charge in [0.05, 0.1) is 0 Å². The summed E-state index contributed by atoms with van der Waals surface area (Å²) in [6, 6.07) is 4.16. The van der Waals surface area contributed by atoms with Crippen LogP contribution in [-0.4, -0.2) is 33.5 Å². The highest BCUT2D eigenvalue weighted by Crippen LogP contribution is 2.19. The van der Waals surface area contributed by atoms with Crippen molar-refractivity contribution in [3.8, 4) is 11.4 Å². The van der Waals surface area contributed by atoms with Gasteiger partial charge in [0.25, 0.3) is 0 Å². The number of hydrogen-bond acceptors (Lipinski definition) is 5.